The highest BCUT2D eigenvalue weighted by molar-refractivity contribution is 5.50. The monoisotopic (exact) mass is 446 g/mol. The van der Waals surface area contributed by atoms with Gasteiger partial charge in [0.2, 0.25) is 0 Å². The zero-order valence-electron chi connectivity index (χ0n) is 20.3. The molecule has 1 aliphatic carbocycles. The molecule has 0 unspecified atom stereocenters. The summed E-state index contributed by atoms with van der Waals surface area (Å²) in [5.74, 6) is 3.07. The SMILES string of the molecule is COc1cc(OC)c(OC)cc1CN(CC1CCN(C2CCCC2)CC1)C[C@H]1CCCO1. The van der Waals surface area contributed by atoms with Crippen molar-refractivity contribution in [3.8, 4) is 17.2 Å². The molecule has 6 nitrogen and oxygen atoms in total. The number of methoxy groups -OCH3 is 3. The zero-order valence-corrected chi connectivity index (χ0v) is 20.3. The van der Waals surface area contributed by atoms with Crippen molar-refractivity contribution in [2.75, 3.05) is 54.1 Å². The predicted octanol–water partition coefficient (Wildman–Crippen LogP) is 4.35. The van der Waals surface area contributed by atoms with E-state index in [2.05, 4.69) is 15.9 Å². The molecule has 2 saturated heterocycles. The van der Waals surface area contributed by atoms with Crippen LogP contribution in [0.3, 0.4) is 0 Å². The van der Waals surface area contributed by atoms with Crippen LogP contribution in [0, 0.1) is 5.92 Å². The second-order valence-corrected chi connectivity index (χ2v) is 9.77. The molecule has 0 aromatic heterocycles. The van der Waals surface area contributed by atoms with Gasteiger partial charge in [-0.1, -0.05) is 12.8 Å². The van der Waals surface area contributed by atoms with E-state index in [-0.39, 0.29) is 0 Å². The molecule has 0 spiro atoms. The van der Waals surface area contributed by atoms with Crippen LogP contribution in [-0.2, 0) is 11.3 Å². The molecule has 4 rings (SSSR count). The summed E-state index contributed by atoms with van der Waals surface area (Å²) in [6.07, 6.45) is 11.0. The Hall–Kier alpha value is -1.50. The largest absolute Gasteiger partial charge is 0.496 e. The Morgan fingerprint density at radius 3 is 2.16 bits per heavy atom. The van der Waals surface area contributed by atoms with Crippen molar-refractivity contribution in [2.24, 2.45) is 5.92 Å². The maximum absolute atomic E-state index is 6.01. The zero-order chi connectivity index (χ0) is 22.3. The summed E-state index contributed by atoms with van der Waals surface area (Å²) in [6.45, 7) is 6.38. The van der Waals surface area contributed by atoms with Crippen molar-refractivity contribution in [1.82, 2.24) is 9.80 Å². The van der Waals surface area contributed by atoms with Crippen molar-refractivity contribution in [2.45, 2.75) is 70.1 Å². The van der Waals surface area contributed by atoms with Gasteiger partial charge in [0.05, 0.1) is 27.4 Å². The average Bonchev–Trinajstić information content (AvgIpc) is 3.54. The Morgan fingerprint density at radius 2 is 1.53 bits per heavy atom. The molecule has 2 heterocycles. The lowest BCUT2D eigenvalue weighted by molar-refractivity contribution is 0.0537. The van der Waals surface area contributed by atoms with Gasteiger partial charge in [0.15, 0.2) is 11.5 Å². The molecule has 32 heavy (non-hydrogen) atoms. The molecule has 1 atom stereocenters. The van der Waals surface area contributed by atoms with Gasteiger partial charge in [-0.05, 0) is 63.6 Å². The highest BCUT2D eigenvalue weighted by Crippen LogP contribution is 2.36. The molecular formula is C26H42N2O4. The van der Waals surface area contributed by atoms with Crippen molar-refractivity contribution >= 4 is 0 Å². The first kappa shape index (κ1) is 23.7. The molecule has 0 bridgehead atoms. The Morgan fingerprint density at radius 1 is 0.844 bits per heavy atom. The van der Waals surface area contributed by atoms with E-state index in [0.717, 1.165) is 55.3 Å². The van der Waals surface area contributed by atoms with Gasteiger partial charge in [-0.2, -0.15) is 0 Å². The Kier molecular flexibility index (Phi) is 8.55. The third-order valence-corrected chi connectivity index (χ3v) is 7.67. The summed E-state index contributed by atoms with van der Waals surface area (Å²) in [7, 11) is 5.09. The van der Waals surface area contributed by atoms with Gasteiger partial charge in [-0.3, -0.25) is 4.90 Å². The summed E-state index contributed by atoms with van der Waals surface area (Å²) < 4.78 is 22.8. The summed E-state index contributed by atoms with van der Waals surface area (Å²) in [5, 5.41) is 0. The van der Waals surface area contributed by atoms with E-state index in [1.807, 2.05) is 6.07 Å². The van der Waals surface area contributed by atoms with E-state index in [4.69, 9.17) is 18.9 Å². The van der Waals surface area contributed by atoms with E-state index < -0.39 is 0 Å². The van der Waals surface area contributed by atoms with Gasteiger partial charge >= 0.3 is 0 Å². The molecule has 1 aromatic carbocycles. The molecule has 1 aromatic rings. The van der Waals surface area contributed by atoms with Gasteiger partial charge in [0, 0.05) is 43.9 Å². The minimum Gasteiger partial charge on any atom is -0.496 e. The van der Waals surface area contributed by atoms with Crippen LogP contribution >= 0.6 is 0 Å². The first-order valence-corrected chi connectivity index (χ1v) is 12.6. The highest BCUT2D eigenvalue weighted by atomic mass is 16.5. The molecule has 0 N–H and O–H groups in total. The number of nitrogens with zero attached hydrogens (tertiary/aromatic N) is 2. The van der Waals surface area contributed by atoms with Gasteiger partial charge in [0.1, 0.15) is 5.75 Å². The number of rotatable bonds is 10. The lowest BCUT2D eigenvalue weighted by atomic mass is 9.94. The summed E-state index contributed by atoms with van der Waals surface area (Å²) >= 11 is 0. The number of hydrogen-bond acceptors (Lipinski definition) is 6. The van der Waals surface area contributed by atoms with E-state index in [9.17, 15) is 0 Å². The Balaban J connectivity index is 1.42. The van der Waals surface area contributed by atoms with Gasteiger partial charge in [-0.25, -0.2) is 0 Å². The Labute approximate surface area is 194 Å². The van der Waals surface area contributed by atoms with Crippen molar-refractivity contribution in [3.05, 3.63) is 17.7 Å². The van der Waals surface area contributed by atoms with Crippen LogP contribution in [0.15, 0.2) is 12.1 Å². The van der Waals surface area contributed by atoms with Crippen molar-refractivity contribution in [1.29, 1.82) is 0 Å². The second kappa shape index (κ2) is 11.6. The summed E-state index contributed by atoms with van der Waals surface area (Å²) in [5.41, 5.74) is 1.14. The topological polar surface area (TPSA) is 43.4 Å². The second-order valence-electron chi connectivity index (χ2n) is 9.77. The standard InChI is InChI=1S/C26H42N2O4/c1-29-24-16-26(31-3)25(30-2)15-21(24)18-27(19-23-9-6-14-32-23)17-20-10-12-28(13-11-20)22-7-4-5-8-22/h15-16,20,22-23H,4-14,17-19H2,1-3H3/t23-/m1/s1. The van der Waals surface area contributed by atoms with Gasteiger partial charge in [-0.15, -0.1) is 0 Å². The lowest BCUT2D eigenvalue weighted by Gasteiger charge is -2.38. The molecule has 1 saturated carbocycles. The molecule has 6 heteroatoms. The van der Waals surface area contributed by atoms with Crippen LogP contribution in [0.4, 0.5) is 0 Å². The molecule has 2 aliphatic heterocycles. The van der Waals surface area contributed by atoms with Gasteiger partial charge in [0.25, 0.3) is 0 Å². The third kappa shape index (κ3) is 5.89. The molecule has 3 fully saturated rings. The third-order valence-electron chi connectivity index (χ3n) is 7.67. The van der Waals surface area contributed by atoms with Crippen molar-refractivity contribution < 1.29 is 18.9 Å². The maximum atomic E-state index is 6.01. The lowest BCUT2D eigenvalue weighted by Crippen LogP contribution is -2.43. The maximum Gasteiger partial charge on any atom is 0.164 e. The number of hydrogen-bond donors (Lipinski definition) is 0. The average molecular weight is 447 g/mol. The number of benzene rings is 1. The quantitative estimate of drug-likeness (QED) is 0.532. The minimum atomic E-state index is 0.347. The van der Waals surface area contributed by atoms with Crippen LogP contribution in [0.1, 0.15) is 56.9 Å². The summed E-state index contributed by atoms with van der Waals surface area (Å²) in [4.78, 5) is 5.36. The first-order valence-electron chi connectivity index (χ1n) is 12.6. The van der Waals surface area contributed by atoms with E-state index in [1.165, 1.54) is 64.5 Å². The molecule has 0 amide bonds. The first-order chi connectivity index (χ1) is 15.7. The fourth-order valence-electron chi connectivity index (χ4n) is 5.87. The number of ether oxygens (including phenoxy) is 4. The normalized spacial score (nSPS) is 23.2. The van der Waals surface area contributed by atoms with Crippen LogP contribution in [0.2, 0.25) is 0 Å². The van der Waals surface area contributed by atoms with Crippen LogP contribution < -0.4 is 14.2 Å². The Bertz CT molecular complexity index is 708. The van der Waals surface area contributed by atoms with Crippen LogP contribution in [-0.4, -0.2) is 76.1 Å². The molecule has 3 aliphatic rings. The van der Waals surface area contributed by atoms with E-state index in [0.29, 0.717) is 11.9 Å². The van der Waals surface area contributed by atoms with Crippen LogP contribution in [0.25, 0.3) is 0 Å². The van der Waals surface area contributed by atoms with E-state index >= 15 is 0 Å². The van der Waals surface area contributed by atoms with Crippen molar-refractivity contribution in [3.63, 3.8) is 0 Å². The van der Waals surface area contributed by atoms with Crippen LogP contribution in [0.5, 0.6) is 17.2 Å². The highest BCUT2D eigenvalue weighted by Gasteiger charge is 2.29. The number of piperidine rings is 1. The predicted molar refractivity (Wildman–Crippen MR) is 127 cm³/mol. The van der Waals surface area contributed by atoms with Gasteiger partial charge < -0.3 is 23.8 Å². The number of likely N-dealkylation sites (tertiary alicyclic amines) is 1. The fraction of sp³-hybridized carbons (Fsp3) is 0.769. The molecule has 180 valence electrons. The fourth-order valence-corrected chi connectivity index (χ4v) is 5.87. The smallest absolute Gasteiger partial charge is 0.164 e. The summed E-state index contributed by atoms with van der Waals surface area (Å²) in [6, 6.07) is 4.87. The minimum absolute atomic E-state index is 0.347. The molecular weight excluding hydrogens is 404 g/mol. The molecule has 0 radical (unpaired) electrons. The van der Waals surface area contributed by atoms with E-state index in [1.54, 1.807) is 21.3 Å².